The van der Waals surface area contributed by atoms with Gasteiger partial charge in [-0.05, 0) is 44.7 Å². The minimum absolute atomic E-state index is 0.198. The Morgan fingerprint density at radius 2 is 1.95 bits per heavy atom. The highest BCUT2D eigenvalue weighted by molar-refractivity contribution is 5.20. The van der Waals surface area contributed by atoms with Gasteiger partial charge in [-0.1, -0.05) is 23.4 Å². The third-order valence-corrected chi connectivity index (χ3v) is 3.43. The van der Waals surface area contributed by atoms with Gasteiger partial charge >= 0.3 is 0 Å². The lowest BCUT2D eigenvalue weighted by Crippen LogP contribution is -2.05. The number of aliphatic hydroxyl groups excluding tert-OH is 1. The van der Waals surface area contributed by atoms with Crippen molar-refractivity contribution in [2.75, 3.05) is 13.2 Å². The normalized spacial score (nSPS) is 10.8. The molecule has 1 aromatic carbocycles. The number of aliphatic hydroxyl groups is 1. The van der Waals surface area contributed by atoms with E-state index in [-0.39, 0.29) is 6.61 Å². The summed E-state index contributed by atoms with van der Waals surface area (Å²) in [5.74, 6) is 0.917. The quantitative estimate of drug-likeness (QED) is 0.720. The number of aryl methyl sites for hydroxylation is 2. The van der Waals surface area contributed by atoms with Crippen LogP contribution in [0.1, 0.15) is 30.7 Å². The maximum atomic E-state index is 8.85. The van der Waals surface area contributed by atoms with E-state index in [4.69, 9.17) is 9.84 Å². The molecule has 0 spiro atoms. The summed E-state index contributed by atoms with van der Waals surface area (Å²) in [5, 5.41) is 17.2. The molecule has 0 radical (unpaired) electrons. The van der Waals surface area contributed by atoms with Crippen LogP contribution >= 0.6 is 0 Å². The number of para-hydroxylation sites is 1. The number of hydrogen-bond acceptors (Lipinski definition) is 4. The van der Waals surface area contributed by atoms with Crippen molar-refractivity contribution < 1.29 is 9.84 Å². The standard InChI is InChI=1S/C16H23N3O2/c1-14-16(10-7-12-20)17-18-19(14)11-5-6-13-21-15-8-3-2-4-9-15/h2-4,8-9,20H,5-7,10-13H2,1H3. The minimum Gasteiger partial charge on any atom is -0.494 e. The van der Waals surface area contributed by atoms with Crippen molar-refractivity contribution in [3.8, 4) is 5.75 Å². The largest absolute Gasteiger partial charge is 0.494 e. The molecule has 5 nitrogen and oxygen atoms in total. The third kappa shape index (κ3) is 4.86. The summed E-state index contributed by atoms with van der Waals surface area (Å²) in [5.41, 5.74) is 2.09. The molecule has 21 heavy (non-hydrogen) atoms. The molecule has 2 aromatic rings. The molecule has 114 valence electrons. The van der Waals surface area contributed by atoms with Gasteiger partial charge in [0.1, 0.15) is 5.75 Å². The molecule has 0 aliphatic heterocycles. The van der Waals surface area contributed by atoms with E-state index in [1.807, 2.05) is 41.9 Å². The van der Waals surface area contributed by atoms with Crippen molar-refractivity contribution in [1.82, 2.24) is 15.0 Å². The molecule has 0 saturated carbocycles. The molecule has 0 aliphatic rings. The monoisotopic (exact) mass is 289 g/mol. The van der Waals surface area contributed by atoms with Crippen LogP contribution in [0.5, 0.6) is 5.75 Å². The van der Waals surface area contributed by atoms with Crippen molar-refractivity contribution in [1.29, 1.82) is 0 Å². The SMILES string of the molecule is Cc1c(CCCO)nnn1CCCCOc1ccccc1. The van der Waals surface area contributed by atoms with E-state index in [1.165, 1.54) is 0 Å². The third-order valence-electron chi connectivity index (χ3n) is 3.43. The number of unbranched alkanes of at least 4 members (excludes halogenated alkanes) is 1. The molecule has 1 N–H and O–H groups in total. The van der Waals surface area contributed by atoms with E-state index in [9.17, 15) is 0 Å². The van der Waals surface area contributed by atoms with E-state index >= 15 is 0 Å². The van der Waals surface area contributed by atoms with Crippen LogP contribution in [0.3, 0.4) is 0 Å². The highest BCUT2D eigenvalue weighted by Gasteiger charge is 2.07. The van der Waals surface area contributed by atoms with Gasteiger partial charge in [0.05, 0.1) is 18.0 Å². The number of benzene rings is 1. The summed E-state index contributed by atoms with van der Waals surface area (Å²) in [4.78, 5) is 0. The molecule has 0 fully saturated rings. The molecule has 0 saturated heterocycles. The summed E-state index contributed by atoms with van der Waals surface area (Å²) in [7, 11) is 0. The molecule has 0 bridgehead atoms. The summed E-state index contributed by atoms with van der Waals surface area (Å²) in [6.45, 7) is 3.81. The molecule has 2 rings (SSSR count). The zero-order chi connectivity index (χ0) is 14.9. The first-order chi connectivity index (χ1) is 10.3. The fraction of sp³-hybridized carbons (Fsp3) is 0.500. The van der Waals surface area contributed by atoms with Crippen LogP contribution in [0.25, 0.3) is 0 Å². The average molecular weight is 289 g/mol. The Morgan fingerprint density at radius 1 is 1.14 bits per heavy atom. The molecule has 0 unspecified atom stereocenters. The van der Waals surface area contributed by atoms with Gasteiger partial charge in [0.2, 0.25) is 0 Å². The Labute approximate surface area is 125 Å². The van der Waals surface area contributed by atoms with Crippen molar-refractivity contribution in [3.05, 3.63) is 41.7 Å². The Bertz CT molecular complexity index is 526. The lowest BCUT2D eigenvalue weighted by atomic mass is 10.2. The molecule has 0 amide bonds. The second-order valence-corrected chi connectivity index (χ2v) is 5.04. The number of hydrogen-bond donors (Lipinski definition) is 1. The van der Waals surface area contributed by atoms with E-state index in [2.05, 4.69) is 10.3 Å². The summed E-state index contributed by atoms with van der Waals surface area (Å²) < 4.78 is 7.60. The van der Waals surface area contributed by atoms with Crippen LogP contribution in [-0.2, 0) is 13.0 Å². The minimum atomic E-state index is 0.198. The van der Waals surface area contributed by atoms with E-state index in [0.717, 1.165) is 56.0 Å². The topological polar surface area (TPSA) is 60.2 Å². The predicted octanol–water partition coefficient (Wildman–Crippen LogP) is 2.37. The molecule has 0 aliphatic carbocycles. The Balaban J connectivity index is 1.68. The smallest absolute Gasteiger partial charge is 0.119 e. The molecular formula is C16H23N3O2. The first kappa shape index (κ1) is 15.5. The van der Waals surface area contributed by atoms with Crippen LogP contribution in [-0.4, -0.2) is 33.3 Å². The average Bonchev–Trinajstić information content (AvgIpc) is 2.86. The van der Waals surface area contributed by atoms with Crippen molar-refractivity contribution >= 4 is 0 Å². The zero-order valence-electron chi connectivity index (χ0n) is 12.5. The molecular weight excluding hydrogens is 266 g/mol. The van der Waals surface area contributed by atoms with Gasteiger partial charge in [-0.3, -0.25) is 0 Å². The van der Waals surface area contributed by atoms with Crippen LogP contribution in [0.4, 0.5) is 0 Å². The highest BCUT2D eigenvalue weighted by atomic mass is 16.5. The second-order valence-electron chi connectivity index (χ2n) is 5.04. The number of aromatic nitrogens is 3. The fourth-order valence-electron chi connectivity index (χ4n) is 2.16. The van der Waals surface area contributed by atoms with E-state index in [1.54, 1.807) is 0 Å². The molecule has 5 heteroatoms. The van der Waals surface area contributed by atoms with Gasteiger partial charge < -0.3 is 9.84 Å². The second kappa shape index (κ2) is 8.42. The van der Waals surface area contributed by atoms with E-state index < -0.39 is 0 Å². The van der Waals surface area contributed by atoms with Crippen LogP contribution in [0.2, 0.25) is 0 Å². The van der Waals surface area contributed by atoms with Gasteiger partial charge in [-0.25, -0.2) is 4.68 Å². The van der Waals surface area contributed by atoms with Crippen LogP contribution in [0.15, 0.2) is 30.3 Å². The summed E-state index contributed by atoms with van der Waals surface area (Å²) in [6.07, 6.45) is 3.53. The fourth-order valence-corrected chi connectivity index (χ4v) is 2.16. The Morgan fingerprint density at radius 3 is 2.71 bits per heavy atom. The van der Waals surface area contributed by atoms with E-state index in [0.29, 0.717) is 0 Å². The van der Waals surface area contributed by atoms with Crippen molar-refractivity contribution in [3.63, 3.8) is 0 Å². The summed E-state index contributed by atoms with van der Waals surface area (Å²) in [6, 6.07) is 9.86. The Hall–Kier alpha value is -1.88. The van der Waals surface area contributed by atoms with Crippen molar-refractivity contribution in [2.24, 2.45) is 0 Å². The maximum absolute atomic E-state index is 8.85. The van der Waals surface area contributed by atoms with Gasteiger partial charge in [0.15, 0.2) is 0 Å². The highest BCUT2D eigenvalue weighted by Crippen LogP contribution is 2.10. The molecule has 1 heterocycles. The van der Waals surface area contributed by atoms with Crippen molar-refractivity contribution in [2.45, 2.75) is 39.2 Å². The Kier molecular flexibility index (Phi) is 6.22. The lowest BCUT2D eigenvalue weighted by Gasteiger charge is -2.06. The maximum Gasteiger partial charge on any atom is 0.119 e. The van der Waals surface area contributed by atoms with Gasteiger partial charge in [0.25, 0.3) is 0 Å². The zero-order valence-corrected chi connectivity index (χ0v) is 12.5. The predicted molar refractivity (Wildman–Crippen MR) is 81.3 cm³/mol. The van der Waals surface area contributed by atoms with Gasteiger partial charge in [-0.15, -0.1) is 5.10 Å². The molecule has 0 atom stereocenters. The first-order valence-electron chi connectivity index (χ1n) is 7.49. The van der Waals surface area contributed by atoms with Crippen LogP contribution in [0, 0.1) is 6.92 Å². The summed E-state index contributed by atoms with van der Waals surface area (Å²) >= 11 is 0. The van der Waals surface area contributed by atoms with Gasteiger partial charge in [-0.2, -0.15) is 0 Å². The first-order valence-corrected chi connectivity index (χ1v) is 7.49. The lowest BCUT2D eigenvalue weighted by molar-refractivity contribution is 0.288. The molecule has 1 aromatic heterocycles. The van der Waals surface area contributed by atoms with Gasteiger partial charge in [0, 0.05) is 13.2 Å². The van der Waals surface area contributed by atoms with Crippen LogP contribution < -0.4 is 4.74 Å². The number of nitrogens with zero attached hydrogens (tertiary/aromatic N) is 3. The number of ether oxygens (including phenoxy) is 1. The number of rotatable bonds is 9.